The lowest BCUT2D eigenvalue weighted by Crippen LogP contribution is -2.43. The van der Waals surface area contributed by atoms with Gasteiger partial charge in [0.05, 0.1) is 20.8 Å². The molecule has 0 unspecified atom stereocenters. The van der Waals surface area contributed by atoms with Crippen LogP contribution in [0.4, 0.5) is 0 Å². The van der Waals surface area contributed by atoms with Gasteiger partial charge in [-0.25, -0.2) is 8.42 Å². The van der Waals surface area contributed by atoms with Crippen LogP contribution in [0.3, 0.4) is 0 Å². The quantitative estimate of drug-likeness (QED) is 0.666. The molecular weight excluding hydrogens is 360 g/mol. The first-order valence-electron chi connectivity index (χ1n) is 8.43. The van der Waals surface area contributed by atoms with Crippen molar-refractivity contribution >= 4 is 15.9 Å². The molecule has 1 aromatic carbocycles. The Morgan fingerprint density at radius 1 is 1.19 bits per heavy atom. The number of nitrogens with zero attached hydrogens (tertiary/aromatic N) is 1. The first-order chi connectivity index (χ1) is 12.4. The van der Waals surface area contributed by atoms with E-state index >= 15 is 0 Å². The van der Waals surface area contributed by atoms with Crippen LogP contribution in [0, 0.1) is 5.92 Å². The van der Waals surface area contributed by atoms with Gasteiger partial charge in [-0.15, -0.1) is 0 Å². The van der Waals surface area contributed by atoms with Crippen molar-refractivity contribution in [1.82, 2.24) is 9.62 Å². The number of hydrogen-bond acceptors (Lipinski definition) is 6. The summed E-state index contributed by atoms with van der Waals surface area (Å²) in [7, 11) is 0.747. The normalized spacial score (nSPS) is 16.3. The Bertz CT molecular complexity index is 714. The first-order valence-corrected chi connectivity index (χ1v) is 9.87. The fourth-order valence-electron chi connectivity index (χ4n) is 2.90. The number of piperidine rings is 1. The van der Waals surface area contributed by atoms with E-state index in [1.807, 2.05) is 0 Å². The third-order valence-electron chi connectivity index (χ3n) is 4.42. The third kappa shape index (κ3) is 4.66. The Morgan fingerprint density at radius 3 is 2.46 bits per heavy atom. The van der Waals surface area contributed by atoms with Crippen LogP contribution in [0.5, 0.6) is 11.5 Å². The molecule has 1 aliphatic heterocycles. The molecule has 0 spiro atoms. The van der Waals surface area contributed by atoms with E-state index in [1.165, 1.54) is 24.6 Å². The number of benzene rings is 1. The lowest BCUT2D eigenvalue weighted by Gasteiger charge is -2.31. The summed E-state index contributed by atoms with van der Waals surface area (Å²) in [6, 6.07) is 4.67. The molecule has 8 nitrogen and oxygen atoms in total. The summed E-state index contributed by atoms with van der Waals surface area (Å²) in [5.41, 5.74) is 0. The number of carbonyl (C=O) groups excluding carboxylic acids is 1. The summed E-state index contributed by atoms with van der Waals surface area (Å²) in [5.74, 6) is 0.464. The molecule has 1 amide bonds. The molecule has 0 saturated carbocycles. The fourth-order valence-corrected chi connectivity index (χ4v) is 4.54. The number of amides is 1. The number of carbonyl (C=O) groups is 1. The number of nitrogens with one attached hydrogen (secondary N) is 1. The lowest BCUT2D eigenvalue weighted by atomic mass is 9.97. The monoisotopic (exact) mass is 386 g/mol. The molecule has 1 N–H and O–H groups in total. The molecule has 0 radical (unpaired) electrons. The Hall–Kier alpha value is -1.84. The van der Waals surface area contributed by atoms with Crippen LogP contribution in [0.1, 0.15) is 12.8 Å². The maximum Gasteiger partial charge on any atom is 0.246 e. The number of ether oxygens (including phenoxy) is 3. The molecule has 1 saturated heterocycles. The van der Waals surface area contributed by atoms with E-state index in [0.29, 0.717) is 31.7 Å². The van der Waals surface area contributed by atoms with Crippen LogP contribution >= 0.6 is 0 Å². The summed E-state index contributed by atoms with van der Waals surface area (Å²) < 4.78 is 42.6. The van der Waals surface area contributed by atoms with E-state index in [0.717, 1.165) is 0 Å². The van der Waals surface area contributed by atoms with E-state index in [4.69, 9.17) is 14.2 Å². The number of hydrogen-bond donors (Lipinski definition) is 1. The number of rotatable bonds is 8. The summed E-state index contributed by atoms with van der Waals surface area (Å²) in [4.78, 5) is 12.2. The van der Waals surface area contributed by atoms with Crippen LogP contribution in [0.25, 0.3) is 0 Å². The topological polar surface area (TPSA) is 94.2 Å². The van der Waals surface area contributed by atoms with Gasteiger partial charge in [0.15, 0.2) is 0 Å². The van der Waals surface area contributed by atoms with Crippen molar-refractivity contribution in [2.45, 2.75) is 17.7 Å². The van der Waals surface area contributed by atoms with Gasteiger partial charge in [-0.3, -0.25) is 4.79 Å². The first kappa shape index (κ1) is 20.5. The molecule has 0 aromatic heterocycles. The minimum Gasteiger partial charge on any atom is -0.497 e. The molecule has 1 aromatic rings. The Balaban J connectivity index is 2.07. The Morgan fingerprint density at radius 2 is 1.88 bits per heavy atom. The Kier molecular flexibility index (Phi) is 7.24. The zero-order valence-corrected chi connectivity index (χ0v) is 16.2. The van der Waals surface area contributed by atoms with Crippen molar-refractivity contribution < 1.29 is 27.4 Å². The zero-order chi connectivity index (χ0) is 19.2. The van der Waals surface area contributed by atoms with Crippen molar-refractivity contribution in [1.29, 1.82) is 0 Å². The maximum atomic E-state index is 13.0. The SMILES string of the molecule is COCCNC(=O)C1CCN(S(=O)(=O)c2cc(OC)ccc2OC)CC1. The second-order valence-corrected chi connectivity index (χ2v) is 7.89. The predicted molar refractivity (Wildman–Crippen MR) is 95.9 cm³/mol. The van der Waals surface area contributed by atoms with Gasteiger partial charge >= 0.3 is 0 Å². The lowest BCUT2D eigenvalue weighted by molar-refractivity contribution is -0.126. The van der Waals surface area contributed by atoms with Crippen LogP contribution in [0.2, 0.25) is 0 Å². The highest BCUT2D eigenvalue weighted by atomic mass is 32.2. The van der Waals surface area contributed by atoms with Crippen LogP contribution in [0.15, 0.2) is 23.1 Å². The van der Waals surface area contributed by atoms with Gasteiger partial charge in [0.1, 0.15) is 16.4 Å². The molecule has 0 aliphatic carbocycles. The van der Waals surface area contributed by atoms with Crippen molar-refractivity contribution in [2.75, 3.05) is 47.6 Å². The van der Waals surface area contributed by atoms with E-state index in [2.05, 4.69) is 5.32 Å². The summed E-state index contributed by atoms with van der Waals surface area (Å²) in [6.45, 7) is 1.47. The highest BCUT2D eigenvalue weighted by Gasteiger charge is 2.33. The molecular formula is C17H26N2O6S. The molecule has 0 bridgehead atoms. The largest absolute Gasteiger partial charge is 0.497 e. The van der Waals surface area contributed by atoms with Gasteiger partial charge in [0, 0.05) is 38.7 Å². The summed E-state index contributed by atoms with van der Waals surface area (Å²) in [5, 5.41) is 2.80. The summed E-state index contributed by atoms with van der Waals surface area (Å²) >= 11 is 0. The molecule has 0 atom stereocenters. The molecule has 1 heterocycles. The molecule has 9 heteroatoms. The van der Waals surface area contributed by atoms with Gasteiger partial charge in [0.2, 0.25) is 15.9 Å². The van der Waals surface area contributed by atoms with E-state index in [1.54, 1.807) is 19.2 Å². The van der Waals surface area contributed by atoms with Gasteiger partial charge in [-0.2, -0.15) is 4.31 Å². The zero-order valence-electron chi connectivity index (χ0n) is 15.4. The fraction of sp³-hybridized carbons (Fsp3) is 0.588. The maximum absolute atomic E-state index is 13.0. The molecule has 1 fully saturated rings. The standard InChI is InChI=1S/C17H26N2O6S/c1-23-11-8-18-17(20)13-6-9-19(10-7-13)26(21,22)16-12-14(24-2)4-5-15(16)25-3/h4-5,12-13H,6-11H2,1-3H3,(H,18,20). The number of sulfonamides is 1. The van der Waals surface area contributed by atoms with Crippen LogP contribution in [-0.4, -0.2) is 66.2 Å². The second-order valence-electron chi connectivity index (χ2n) is 5.98. The van der Waals surface area contributed by atoms with Gasteiger partial charge < -0.3 is 19.5 Å². The van der Waals surface area contributed by atoms with E-state index in [9.17, 15) is 13.2 Å². The Labute approximate surface area is 154 Å². The molecule has 26 heavy (non-hydrogen) atoms. The molecule has 2 rings (SSSR count). The van der Waals surface area contributed by atoms with E-state index in [-0.39, 0.29) is 35.6 Å². The minimum absolute atomic E-state index is 0.0574. The average molecular weight is 386 g/mol. The third-order valence-corrected chi connectivity index (χ3v) is 6.34. The van der Waals surface area contributed by atoms with Crippen molar-refractivity contribution in [3.8, 4) is 11.5 Å². The molecule has 146 valence electrons. The number of methoxy groups -OCH3 is 3. The smallest absolute Gasteiger partial charge is 0.246 e. The van der Waals surface area contributed by atoms with E-state index < -0.39 is 10.0 Å². The van der Waals surface area contributed by atoms with Crippen LogP contribution in [-0.2, 0) is 19.6 Å². The predicted octanol–water partition coefficient (Wildman–Crippen LogP) is 0.867. The van der Waals surface area contributed by atoms with Crippen molar-refractivity contribution in [2.24, 2.45) is 5.92 Å². The van der Waals surface area contributed by atoms with Gasteiger partial charge in [-0.1, -0.05) is 0 Å². The van der Waals surface area contributed by atoms with Gasteiger partial charge in [0.25, 0.3) is 0 Å². The molecule has 1 aliphatic rings. The van der Waals surface area contributed by atoms with Crippen molar-refractivity contribution in [3.63, 3.8) is 0 Å². The van der Waals surface area contributed by atoms with Gasteiger partial charge in [-0.05, 0) is 25.0 Å². The summed E-state index contributed by atoms with van der Waals surface area (Å²) in [6.07, 6.45) is 0.953. The second kappa shape index (κ2) is 9.20. The minimum atomic E-state index is -3.73. The highest BCUT2D eigenvalue weighted by Crippen LogP contribution is 2.32. The van der Waals surface area contributed by atoms with Crippen LogP contribution < -0.4 is 14.8 Å². The van der Waals surface area contributed by atoms with Crippen molar-refractivity contribution in [3.05, 3.63) is 18.2 Å². The highest BCUT2D eigenvalue weighted by molar-refractivity contribution is 7.89. The average Bonchev–Trinajstić information content (AvgIpc) is 2.67.